The number of halogens is 3. The van der Waals surface area contributed by atoms with E-state index in [4.69, 9.17) is 0 Å². The lowest BCUT2D eigenvalue weighted by Gasteiger charge is -2.43. The van der Waals surface area contributed by atoms with Crippen LogP contribution in [0.2, 0.25) is 0 Å². The van der Waals surface area contributed by atoms with Crippen molar-refractivity contribution in [2.75, 3.05) is 29.4 Å². The molecule has 2 aliphatic heterocycles. The van der Waals surface area contributed by atoms with Crippen LogP contribution in [0.3, 0.4) is 0 Å². The maximum absolute atomic E-state index is 13.3. The molecule has 0 radical (unpaired) electrons. The molecule has 2 saturated heterocycles. The fourth-order valence-corrected chi connectivity index (χ4v) is 4.18. The summed E-state index contributed by atoms with van der Waals surface area (Å²) in [6.07, 6.45) is -4.59. The number of aliphatic hydroxyl groups excluding tert-OH is 1. The number of piperidine rings is 1. The van der Waals surface area contributed by atoms with Gasteiger partial charge in [0.1, 0.15) is 11.6 Å². The summed E-state index contributed by atoms with van der Waals surface area (Å²) < 4.78 is 39.8. The van der Waals surface area contributed by atoms with Gasteiger partial charge in [0.25, 0.3) is 0 Å². The Morgan fingerprint density at radius 2 is 1.92 bits per heavy atom. The molecule has 9 heteroatoms. The molecule has 142 valence electrons. The summed E-state index contributed by atoms with van der Waals surface area (Å²) in [4.78, 5) is 22.7. The number of rotatable bonds is 4. The van der Waals surface area contributed by atoms with Crippen molar-refractivity contribution in [1.29, 1.82) is 0 Å². The normalized spacial score (nSPS) is 33.1. The molecular formula is C17H21F3N4O2. The largest absolute Gasteiger partial charge is 0.433 e. The number of Topliss-reactive ketones (excluding diaryl/α,β-unsaturated/α-hetero) is 1. The second kappa shape index (κ2) is 5.80. The molecular weight excluding hydrogens is 349 g/mol. The van der Waals surface area contributed by atoms with E-state index in [2.05, 4.69) is 9.97 Å². The van der Waals surface area contributed by atoms with Gasteiger partial charge in [-0.25, -0.2) is 4.98 Å². The van der Waals surface area contributed by atoms with Gasteiger partial charge in [-0.05, 0) is 31.6 Å². The Morgan fingerprint density at radius 3 is 2.42 bits per heavy atom. The average molecular weight is 370 g/mol. The molecule has 1 aliphatic carbocycles. The van der Waals surface area contributed by atoms with Crippen LogP contribution in [-0.4, -0.2) is 52.6 Å². The minimum atomic E-state index is -4.56. The molecule has 26 heavy (non-hydrogen) atoms. The Bertz CT molecular complexity index is 729. The van der Waals surface area contributed by atoms with E-state index in [0.29, 0.717) is 37.3 Å². The summed E-state index contributed by atoms with van der Waals surface area (Å²) in [6, 6.07) is 0.688. The van der Waals surface area contributed by atoms with E-state index >= 15 is 0 Å². The highest BCUT2D eigenvalue weighted by atomic mass is 19.4. The van der Waals surface area contributed by atoms with Crippen molar-refractivity contribution in [2.45, 2.75) is 38.6 Å². The minimum Gasteiger partial charge on any atom is -0.389 e. The molecule has 1 aromatic heterocycles. The van der Waals surface area contributed by atoms with Gasteiger partial charge in [0.15, 0.2) is 5.69 Å². The Hall–Kier alpha value is -1.90. The molecule has 0 bridgehead atoms. The molecule has 6 nitrogen and oxygen atoms in total. The number of hydrogen-bond donors (Lipinski definition) is 1. The zero-order chi connectivity index (χ0) is 18.8. The Balaban J connectivity index is 1.56. The standard InChI is InChI=1S/C17H21F3N4O2/c1-8(25)3-10-11-5-23(6-12(10)11)15-4-14(17(18,19)20)21-16(22-15)24-7-13(26)9(24)2/h4,9-13,26H,3,5-7H2,1-2H3/t9-,10-,11-,12+,13+/m0/s1. The Morgan fingerprint density at radius 1 is 1.27 bits per heavy atom. The zero-order valence-electron chi connectivity index (χ0n) is 14.6. The third-order valence-corrected chi connectivity index (χ3v) is 5.90. The lowest BCUT2D eigenvalue weighted by atomic mass is 10.0. The first-order valence-corrected chi connectivity index (χ1v) is 8.80. The molecule has 0 amide bonds. The van der Waals surface area contributed by atoms with Crippen LogP contribution >= 0.6 is 0 Å². The molecule has 5 atom stereocenters. The average Bonchev–Trinajstić information content (AvgIpc) is 3.00. The molecule has 4 rings (SSSR count). The first kappa shape index (κ1) is 17.5. The van der Waals surface area contributed by atoms with E-state index in [1.807, 2.05) is 4.90 Å². The number of nitrogens with zero attached hydrogens (tertiary/aromatic N) is 4. The molecule has 1 N–H and O–H groups in total. The van der Waals surface area contributed by atoms with Crippen LogP contribution < -0.4 is 9.80 Å². The lowest BCUT2D eigenvalue weighted by molar-refractivity contribution is -0.141. The topological polar surface area (TPSA) is 69.6 Å². The van der Waals surface area contributed by atoms with Gasteiger partial charge in [-0.15, -0.1) is 0 Å². The number of aliphatic hydroxyl groups is 1. The third kappa shape index (κ3) is 2.91. The molecule has 3 fully saturated rings. The number of fused-ring (bicyclic) bond motifs is 1. The van der Waals surface area contributed by atoms with Gasteiger partial charge >= 0.3 is 6.18 Å². The zero-order valence-corrected chi connectivity index (χ0v) is 14.6. The van der Waals surface area contributed by atoms with E-state index in [1.165, 1.54) is 0 Å². The summed E-state index contributed by atoms with van der Waals surface area (Å²) in [6.45, 7) is 4.77. The monoisotopic (exact) mass is 370 g/mol. The number of alkyl halides is 3. The van der Waals surface area contributed by atoms with Gasteiger partial charge in [-0.3, -0.25) is 0 Å². The Kier molecular flexibility index (Phi) is 3.91. The van der Waals surface area contributed by atoms with Crippen molar-refractivity contribution in [3.05, 3.63) is 11.8 Å². The highest BCUT2D eigenvalue weighted by molar-refractivity contribution is 5.76. The molecule has 3 aliphatic rings. The van der Waals surface area contributed by atoms with Crippen LogP contribution in [0.15, 0.2) is 6.07 Å². The first-order chi connectivity index (χ1) is 12.1. The smallest absolute Gasteiger partial charge is 0.389 e. The van der Waals surface area contributed by atoms with Crippen LogP contribution in [0.1, 0.15) is 26.0 Å². The number of ketones is 1. The van der Waals surface area contributed by atoms with Crippen LogP contribution in [0.4, 0.5) is 24.9 Å². The predicted octanol–water partition coefficient (Wildman–Crippen LogP) is 1.73. The second-order valence-corrected chi connectivity index (χ2v) is 7.67. The quantitative estimate of drug-likeness (QED) is 0.871. The number of β-amino-alcohol motifs (C(OH)–C–C–N with tert-alkyl or cyclic N) is 1. The first-order valence-electron chi connectivity index (χ1n) is 8.80. The van der Waals surface area contributed by atoms with Gasteiger partial charge in [0.2, 0.25) is 5.95 Å². The minimum absolute atomic E-state index is 0.00786. The summed E-state index contributed by atoms with van der Waals surface area (Å²) >= 11 is 0. The van der Waals surface area contributed by atoms with E-state index in [9.17, 15) is 23.1 Å². The highest BCUT2D eigenvalue weighted by Crippen LogP contribution is 2.54. The molecule has 1 saturated carbocycles. The van der Waals surface area contributed by atoms with E-state index in [-0.39, 0.29) is 30.1 Å². The van der Waals surface area contributed by atoms with E-state index in [0.717, 1.165) is 6.07 Å². The second-order valence-electron chi connectivity index (χ2n) is 7.67. The SMILES string of the molecule is CC(=O)C[C@@H]1[C@H]2CN(c3cc(C(F)(F)F)nc(N4C[C@@H](O)[C@@H]4C)n3)C[C@@H]12. The van der Waals surface area contributed by atoms with Crippen LogP contribution in [0.25, 0.3) is 0 Å². The van der Waals surface area contributed by atoms with Crippen molar-refractivity contribution >= 4 is 17.5 Å². The van der Waals surface area contributed by atoms with Gasteiger partial charge < -0.3 is 19.7 Å². The maximum atomic E-state index is 13.3. The summed E-state index contributed by atoms with van der Waals surface area (Å²) in [5.74, 6) is 1.51. The van der Waals surface area contributed by atoms with Crippen molar-refractivity contribution in [2.24, 2.45) is 17.8 Å². The number of carbonyl (C=O) groups is 1. The van der Waals surface area contributed by atoms with Crippen LogP contribution in [0.5, 0.6) is 0 Å². The summed E-state index contributed by atoms with van der Waals surface area (Å²) in [5, 5.41) is 9.64. The van der Waals surface area contributed by atoms with Crippen molar-refractivity contribution in [1.82, 2.24) is 9.97 Å². The molecule has 3 heterocycles. The number of aromatic nitrogens is 2. The van der Waals surface area contributed by atoms with E-state index < -0.39 is 18.0 Å². The predicted molar refractivity (Wildman–Crippen MR) is 87.8 cm³/mol. The summed E-state index contributed by atoms with van der Waals surface area (Å²) in [5.41, 5.74) is -0.966. The fourth-order valence-electron chi connectivity index (χ4n) is 4.18. The number of anilines is 2. The number of carbonyl (C=O) groups excluding carboxylic acids is 1. The van der Waals surface area contributed by atoms with Crippen molar-refractivity contribution in [3.8, 4) is 0 Å². The number of hydrogen-bond acceptors (Lipinski definition) is 6. The molecule has 1 aromatic rings. The van der Waals surface area contributed by atoms with Gasteiger partial charge in [-0.2, -0.15) is 18.2 Å². The maximum Gasteiger partial charge on any atom is 0.433 e. The third-order valence-electron chi connectivity index (χ3n) is 5.90. The van der Waals surface area contributed by atoms with Gasteiger partial charge in [0, 0.05) is 32.1 Å². The van der Waals surface area contributed by atoms with E-state index in [1.54, 1.807) is 18.7 Å². The molecule has 0 unspecified atom stereocenters. The van der Waals surface area contributed by atoms with Crippen molar-refractivity contribution in [3.63, 3.8) is 0 Å². The highest BCUT2D eigenvalue weighted by Gasteiger charge is 2.56. The van der Waals surface area contributed by atoms with Crippen molar-refractivity contribution < 1.29 is 23.1 Å². The molecule has 0 spiro atoms. The van der Waals surface area contributed by atoms with Crippen LogP contribution in [0, 0.1) is 17.8 Å². The summed E-state index contributed by atoms with van der Waals surface area (Å²) in [7, 11) is 0. The van der Waals surface area contributed by atoms with Gasteiger partial charge in [0.05, 0.1) is 12.1 Å². The fraction of sp³-hybridized carbons (Fsp3) is 0.706. The van der Waals surface area contributed by atoms with Crippen LogP contribution in [-0.2, 0) is 11.0 Å². The van der Waals surface area contributed by atoms with Gasteiger partial charge in [-0.1, -0.05) is 0 Å². The molecule has 0 aromatic carbocycles. The lowest BCUT2D eigenvalue weighted by Crippen LogP contribution is -2.59. The Labute approximate surface area is 149 Å².